The zero-order valence-corrected chi connectivity index (χ0v) is 19.9. The minimum Gasteiger partial charge on any atom is -0.469 e. The van der Waals surface area contributed by atoms with E-state index in [0.29, 0.717) is 17.1 Å². The number of hydrogen-bond donors (Lipinski definition) is 1. The molecule has 176 valence electrons. The average molecular weight is 471 g/mol. The highest BCUT2D eigenvalue weighted by Crippen LogP contribution is 2.24. The summed E-state index contributed by atoms with van der Waals surface area (Å²) in [6, 6.07) is 12.5. The Kier molecular flexibility index (Phi) is 11.5. The SMILES string of the molecule is COC(=O)C1CCCCC1.COCCc1ccc(C#Cc2ccc(SN)cc2[N+](=O)[O-])cc1. The standard InChI is InChI=1S/C17H16N2O3S.C8H14O2/c1-22-11-10-14-4-2-13(3-5-14)6-7-15-8-9-16(23-18)12-17(15)19(20)21;1-10-8(9)7-5-3-2-4-6-7/h2-5,8-9,12H,10-11,18H2,1H3;7H,2-6H2,1H3. The molecular weight excluding hydrogens is 440 g/mol. The molecule has 0 amide bonds. The van der Waals surface area contributed by atoms with Crippen molar-refractivity contribution >= 4 is 23.6 Å². The Morgan fingerprint density at radius 3 is 2.39 bits per heavy atom. The lowest BCUT2D eigenvalue weighted by molar-refractivity contribution is -0.385. The van der Waals surface area contributed by atoms with Gasteiger partial charge in [0.15, 0.2) is 0 Å². The van der Waals surface area contributed by atoms with Gasteiger partial charge in [0.05, 0.1) is 24.6 Å². The number of hydrogen-bond acceptors (Lipinski definition) is 7. The van der Waals surface area contributed by atoms with E-state index in [1.54, 1.807) is 19.2 Å². The van der Waals surface area contributed by atoms with Gasteiger partial charge in [-0.3, -0.25) is 20.0 Å². The van der Waals surface area contributed by atoms with Crippen LogP contribution in [0.2, 0.25) is 0 Å². The van der Waals surface area contributed by atoms with Gasteiger partial charge >= 0.3 is 5.97 Å². The van der Waals surface area contributed by atoms with Crippen molar-refractivity contribution in [3.05, 3.63) is 69.3 Å². The predicted octanol–water partition coefficient (Wildman–Crippen LogP) is 4.89. The molecule has 8 heteroatoms. The van der Waals surface area contributed by atoms with Gasteiger partial charge in [0, 0.05) is 23.6 Å². The second-order valence-corrected chi connectivity index (χ2v) is 8.31. The number of ether oxygens (including phenoxy) is 2. The highest BCUT2D eigenvalue weighted by Gasteiger charge is 2.21. The monoisotopic (exact) mass is 470 g/mol. The second-order valence-electron chi connectivity index (χ2n) is 7.60. The quantitative estimate of drug-likeness (QED) is 0.211. The van der Waals surface area contributed by atoms with E-state index in [4.69, 9.17) is 9.88 Å². The lowest BCUT2D eigenvalue weighted by Gasteiger charge is -2.18. The number of methoxy groups -OCH3 is 2. The summed E-state index contributed by atoms with van der Waals surface area (Å²) >= 11 is 0.969. The number of rotatable bonds is 6. The van der Waals surface area contributed by atoms with Crippen molar-refractivity contribution < 1.29 is 19.2 Å². The molecule has 2 N–H and O–H groups in total. The Morgan fingerprint density at radius 2 is 1.82 bits per heavy atom. The third-order valence-electron chi connectivity index (χ3n) is 5.33. The van der Waals surface area contributed by atoms with Crippen LogP contribution in [0.25, 0.3) is 0 Å². The third kappa shape index (κ3) is 8.89. The van der Waals surface area contributed by atoms with Crippen LogP contribution in [0.3, 0.4) is 0 Å². The fraction of sp³-hybridized carbons (Fsp3) is 0.400. The maximum absolute atomic E-state index is 11.1. The summed E-state index contributed by atoms with van der Waals surface area (Å²) in [6.07, 6.45) is 6.58. The molecule has 0 aromatic heterocycles. The Hall–Kier alpha value is -2.86. The average Bonchev–Trinajstić information content (AvgIpc) is 2.87. The van der Waals surface area contributed by atoms with E-state index < -0.39 is 4.92 Å². The number of nitrogens with two attached hydrogens (primary N) is 1. The summed E-state index contributed by atoms with van der Waals surface area (Å²) < 4.78 is 9.68. The van der Waals surface area contributed by atoms with Crippen molar-refractivity contribution in [3.63, 3.8) is 0 Å². The molecule has 1 aliphatic rings. The molecule has 0 atom stereocenters. The molecule has 1 aliphatic carbocycles. The van der Waals surface area contributed by atoms with Gasteiger partial charge < -0.3 is 9.47 Å². The van der Waals surface area contributed by atoms with Crippen LogP contribution >= 0.6 is 11.9 Å². The zero-order valence-electron chi connectivity index (χ0n) is 19.0. The van der Waals surface area contributed by atoms with E-state index in [9.17, 15) is 14.9 Å². The Morgan fingerprint density at radius 1 is 1.12 bits per heavy atom. The number of benzene rings is 2. The van der Waals surface area contributed by atoms with Crippen LogP contribution in [0.5, 0.6) is 0 Å². The Labute approximate surface area is 199 Å². The molecule has 1 saturated carbocycles. The van der Waals surface area contributed by atoms with E-state index in [2.05, 4.69) is 16.6 Å². The first kappa shape index (κ1) is 26.4. The summed E-state index contributed by atoms with van der Waals surface area (Å²) in [5.74, 6) is 6.00. The van der Waals surface area contributed by atoms with Crippen LogP contribution in [0, 0.1) is 27.9 Å². The lowest BCUT2D eigenvalue weighted by atomic mass is 9.89. The van der Waals surface area contributed by atoms with Crippen LogP contribution in [-0.4, -0.2) is 31.7 Å². The van der Waals surface area contributed by atoms with Gasteiger partial charge in [-0.15, -0.1) is 0 Å². The molecule has 0 heterocycles. The topological polar surface area (TPSA) is 105 Å². The molecule has 0 bridgehead atoms. The van der Waals surface area contributed by atoms with Crippen molar-refractivity contribution in [1.82, 2.24) is 0 Å². The fourth-order valence-corrected chi connectivity index (χ4v) is 3.79. The molecule has 2 aromatic rings. The lowest BCUT2D eigenvalue weighted by Crippen LogP contribution is -2.18. The second kappa shape index (κ2) is 14.3. The Balaban J connectivity index is 0.000000321. The van der Waals surface area contributed by atoms with E-state index in [0.717, 1.165) is 42.3 Å². The predicted molar refractivity (Wildman–Crippen MR) is 130 cm³/mol. The summed E-state index contributed by atoms with van der Waals surface area (Å²) in [7, 11) is 3.14. The summed E-state index contributed by atoms with van der Waals surface area (Å²) in [5, 5.41) is 16.6. The number of nitro groups is 1. The first-order valence-corrected chi connectivity index (χ1v) is 11.7. The van der Waals surface area contributed by atoms with Crippen LogP contribution in [0.4, 0.5) is 5.69 Å². The van der Waals surface area contributed by atoms with Crippen LogP contribution in [0.15, 0.2) is 47.4 Å². The Bertz CT molecular complexity index is 977. The van der Waals surface area contributed by atoms with Crippen LogP contribution in [-0.2, 0) is 20.7 Å². The van der Waals surface area contributed by atoms with Crippen molar-refractivity contribution in [2.45, 2.75) is 43.4 Å². The molecule has 33 heavy (non-hydrogen) atoms. The van der Waals surface area contributed by atoms with Gasteiger partial charge in [0.2, 0.25) is 0 Å². The molecule has 7 nitrogen and oxygen atoms in total. The molecule has 0 unspecified atom stereocenters. The third-order valence-corrected chi connectivity index (χ3v) is 5.86. The number of carbonyl (C=O) groups is 1. The minimum absolute atomic E-state index is 0.0142. The largest absolute Gasteiger partial charge is 0.469 e. The van der Waals surface area contributed by atoms with Crippen LogP contribution in [0.1, 0.15) is 48.8 Å². The summed E-state index contributed by atoms with van der Waals surface area (Å²) in [5.41, 5.74) is 2.30. The summed E-state index contributed by atoms with van der Waals surface area (Å²) in [4.78, 5) is 22.2. The molecule has 0 spiro atoms. The van der Waals surface area contributed by atoms with Crippen LogP contribution < -0.4 is 5.14 Å². The molecular formula is C25H30N2O5S. The number of nitro benzene ring substituents is 1. The molecule has 0 radical (unpaired) electrons. The highest BCUT2D eigenvalue weighted by atomic mass is 32.2. The van der Waals surface area contributed by atoms with Gasteiger partial charge in [-0.1, -0.05) is 43.2 Å². The number of esters is 1. The van der Waals surface area contributed by atoms with Crippen molar-refractivity contribution in [3.8, 4) is 11.8 Å². The number of nitrogens with zero attached hydrogens (tertiary/aromatic N) is 1. The molecule has 2 aromatic carbocycles. The van der Waals surface area contributed by atoms with E-state index in [1.165, 1.54) is 32.4 Å². The van der Waals surface area contributed by atoms with Gasteiger partial charge in [-0.2, -0.15) is 0 Å². The first-order valence-electron chi connectivity index (χ1n) is 10.8. The fourth-order valence-electron chi connectivity index (χ4n) is 3.46. The van der Waals surface area contributed by atoms with E-state index in [-0.39, 0.29) is 17.6 Å². The molecule has 0 aliphatic heterocycles. The molecule has 0 saturated heterocycles. The van der Waals surface area contributed by atoms with E-state index in [1.807, 2.05) is 24.3 Å². The molecule has 3 rings (SSSR count). The van der Waals surface area contributed by atoms with Crippen molar-refractivity contribution in [2.24, 2.45) is 11.1 Å². The van der Waals surface area contributed by atoms with Gasteiger partial charge in [0.25, 0.3) is 5.69 Å². The minimum atomic E-state index is -0.447. The van der Waals surface area contributed by atoms with Crippen molar-refractivity contribution in [2.75, 3.05) is 20.8 Å². The molecule has 1 fully saturated rings. The first-order chi connectivity index (χ1) is 16.0. The van der Waals surface area contributed by atoms with Crippen molar-refractivity contribution in [1.29, 1.82) is 0 Å². The van der Waals surface area contributed by atoms with E-state index >= 15 is 0 Å². The number of carbonyl (C=O) groups excluding carboxylic acids is 1. The smallest absolute Gasteiger partial charge is 0.308 e. The van der Waals surface area contributed by atoms with Gasteiger partial charge in [-0.25, -0.2) is 0 Å². The summed E-state index contributed by atoms with van der Waals surface area (Å²) in [6.45, 7) is 0.669. The van der Waals surface area contributed by atoms with Gasteiger partial charge in [-0.05, 0) is 61.0 Å². The van der Waals surface area contributed by atoms with Gasteiger partial charge in [0.1, 0.15) is 5.56 Å². The maximum atomic E-state index is 11.1. The highest BCUT2D eigenvalue weighted by molar-refractivity contribution is 7.97. The maximum Gasteiger partial charge on any atom is 0.308 e. The normalized spacial score (nSPS) is 13.2. The zero-order chi connectivity index (χ0) is 24.1.